The third kappa shape index (κ3) is 2.92. The molecular weight excluding hydrogens is 393 g/mol. The van der Waals surface area contributed by atoms with E-state index in [-0.39, 0.29) is 11.4 Å². The molecule has 0 saturated carbocycles. The minimum absolute atomic E-state index is 0.0201. The molecule has 1 aromatic carbocycles. The highest BCUT2D eigenvalue weighted by Crippen LogP contribution is 2.32. The summed E-state index contributed by atoms with van der Waals surface area (Å²) in [6, 6.07) is 3.10. The van der Waals surface area contributed by atoms with Crippen molar-refractivity contribution in [2.45, 2.75) is 26.2 Å². The molecule has 0 unspecified atom stereocenters. The number of rotatable bonds is 2. The number of aromatic carboxylic acids is 1. The van der Waals surface area contributed by atoms with Gasteiger partial charge < -0.3 is 5.11 Å². The molecule has 1 aromatic heterocycles. The summed E-state index contributed by atoms with van der Waals surface area (Å²) in [6.45, 7) is 5.61. The zero-order valence-corrected chi connectivity index (χ0v) is 13.8. The van der Waals surface area contributed by atoms with Crippen LogP contribution in [0.5, 0.6) is 0 Å². The predicted molar refractivity (Wildman–Crippen MR) is 81.9 cm³/mol. The quantitative estimate of drug-likeness (QED) is 0.774. The molecule has 2 rings (SSSR count). The number of aromatic nitrogens is 2. The Hall–Kier alpha value is -1.51. The molecule has 21 heavy (non-hydrogen) atoms. The van der Waals surface area contributed by atoms with Crippen molar-refractivity contribution in [3.8, 4) is 5.69 Å². The van der Waals surface area contributed by atoms with Gasteiger partial charge in [-0.3, -0.25) is 0 Å². The summed E-state index contributed by atoms with van der Waals surface area (Å²) < 4.78 is 28.7. The summed E-state index contributed by atoms with van der Waals surface area (Å²) in [5, 5.41) is 13.2. The fourth-order valence-electron chi connectivity index (χ4n) is 2.01. The number of hydrogen-bond donors (Lipinski definition) is 1. The van der Waals surface area contributed by atoms with Crippen LogP contribution in [0.3, 0.4) is 0 Å². The summed E-state index contributed by atoms with van der Waals surface area (Å²) in [4.78, 5) is 11.3. The third-order valence-corrected chi connectivity index (χ3v) is 3.90. The third-order valence-electron chi connectivity index (χ3n) is 2.88. The van der Waals surface area contributed by atoms with Crippen molar-refractivity contribution in [1.82, 2.24) is 9.78 Å². The maximum atomic E-state index is 14.0. The molecule has 112 valence electrons. The molecule has 0 aliphatic rings. The topological polar surface area (TPSA) is 55.1 Å². The normalized spacial score (nSPS) is 11.7. The number of carboxylic acids is 1. The van der Waals surface area contributed by atoms with Gasteiger partial charge in [0.15, 0.2) is 11.5 Å². The molecule has 0 spiro atoms. The van der Waals surface area contributed by atoms with Crippen LogP contribution < -0.4 is 0 Å². The summed E-state index contributed by atoms with van der Waals surface area (Å²) >= 11 is 1.89. The smallest absolute Gasteiger partial charge is 0.357 e. The fourth-order valence-corrected chi connectivity index (χ4v) is 3.39. The largest absolute Gasteiger partial charge is 0.476 e. The van der Waals surface area contributed by atoms with Gasteiger partial charge in [0.25, 0.3) is 0 Å². The van der Waals surface area contributed by atoms with Gasteiger partial charge in [-0.1, -0.05) is 20.8 Å². The number of hydrogen-bond acceptors (Lipinski definition) is 2. The van der Waals surface area contributed by atoms with Crippen LogP contribution in [0.25, 0.3) is 5.69 Å². The minimum atomic E-state index is -1.19. The summed E-state index contributed by atoms with van der Waals surface area (Å²) in [7, 11) is 0. The minimum Gasteiger partial charge on any atom is -0.476 e. The SMILES string of the molecule is CC(C)(C)c1c(I)c(C(=O)O)nn1-c1ccc(F)cc1F. The van der Waals surface area contributed by atoms with E-state index in [2.05, 4.69) is 5.10 Å². The molecule has 0 fully saturated rings. The van der Waals surface area contributed by atoms with Crippen molar-refractivity contribution < 1.29 is 18.7 Å². The van der Waals surface area contributed by atoms with Gasteiger partial charge in [-0.15, -0.1) is 0 Å². The lowest BCUT2D eigenvalue weighted by Gasteiger charge is -2.21. The first-order valence-corrected chi connectivity index (χ1v) is 7.18. The first kappa shape index (κ1) is 15.9. The van der Waals surface area contributed by atoms with Gasteiger partial charge in [0.1, 0.15) is 11.5 Å². The lowest BCUT2D eigenvalue weighted by Crippen LogP contribution is -2.19. The zero-order valence-electron chi connectivity index (χ0n) is 11.6. The highest BCUT2D eigenvalue weighted by Gasteiger charge is 2.30. The summed E-state index contributed by atoms with van der Waals surface area (Å²) in [5.74, 6) is -2.68. The molecule has 0 amide bonds. The molecule has 2 aromatic rings. The molecule has 4 nitrogen and oxygen atoms in total. The lowest BCUT2D eigenvalue weighted by molar-refractivity contribution is 0.0688. The molecular formula is C14H13F2IN2O2. The molecule has 7 heteroatoms. The average molecular weight is 406 g/mol. The van der Waals surface area contributed by atoms with Crippen molar-refractivity contribution in [1.29, 1.82) is 0 Å². The standard InChI is InChI=1S/C14H13F2IN2O2/c1-14(2,3)12-10(17)11(13(20)21)18-19(12)9-5-4-7(15)6-8(9)16/h4-6H,1-3H3,(H,20,21). The van der Waals surface area contributed by atoms with Gasteiger partial charge in [-0.05, 0) is 34.7 Å². The Labute approximate surface area is 133 Å². The maximum Gasteiger partial charge on any atom is 0.357 e. The van der Waals surface area contributed by atoms with E-state index >= 15 is 0 Å². The van der Waals surface area contributed by atoms with E-state index in [4.69, 9.17) is 0 Å². The Morgan fingerprint density at radius 3 is 2.43 bits per heavy atom. The zero-order chi connectivity index (χ0) is 15.9. The number of carbonyl (C=O) groups is 1. The number of nitrogens with zero attached hydrogens (tertiary/aromatic N) is 2. The summed E-state index contributed by atoms with van der Waals surface area (Å²) in [6.07, 6.45) is 0. The Bertz CT molecular complexity index is 720. The van der Waals surface area contributed by atoms with E-state index in [1.165, 1.54) is 10.7 Å². The second-order valence-corrected chi connectivity index (χ2v) is 6.65. The van der Waals surface area contributed by atoms with E-state index in [9.17, 15) is 18.7 Å². The van der Waals surface area contributed by atoms with Crippen LogP contribution >= 0.6 is 22.6 Å². The highest BCUT2D eigenvalue weighted by atomic mass is 127. The fraction of sp³-hybridized carbons (Fsp3) is 0.286. The van der Waals surface area contributed by atoms with E-state index < -0.39 is 23.0 Å². The molecule has 0 atom stereocenters. The van der Waals surface area contributed by atoms with Crippen LogP contribution in [0.1, 0.15) is 37.0 Å². The Morgan fingerprint density at radius 1 is 1.33 bits per heavy atom. The second-order valence-electron chi connectivity index (χ2n) is 5.57. The molecule has 1 N–H and O–H groups in total. The van der Waals surface area contributed by atoms with E-state index in [1.54, 1.807) is 0 Å². The van der Waals surface area contributed by atoms with Crippen LogP contribution in [0.4, 0.5) is 8.78 Å². The monoisotopic (exact) mass is 406 g/mol. The molecule has 1 heterocycles. The van der Waals surface area contributed by atoms with Crippen molar-refractivity contribution in [3.05, 3.63) is 44.8 Å². The average Bonchev–Trinajstić information content (AvgIpc) is 2.66. The molecule has 0 aliphatic heterocycles. The van der Waals surface area contributed by atoms with E-state index in [1.807, 2.05) is 43.4 Å². The van der Waals surface area contributed by atoms with Crippen molar-refractivity contribution in [2.75, 3.05) is 0 Å². The van der Waals surface area contributed by atoms with E-state index in [0.717, 1.165) is 12.1 Å². The molecule has 0 saturated heterocycles. The maximum absolute atomic E-state index is 14.0. The van der Waals surface area contributed by atoms with Crippen molar-refractivity contribution in [3.63, 3.8) is 0 Å². The van der Waals surface area contributed by atoms with Crippen LogP contribution in [0, 0.1) is 15.2 Å². The van der Waals surface area contributed by atoms with Crippen LogP contribution in [-0.2, 0) is 5.41 Å². The van der Waals surface area contributed by atoms with Gasteiger partial charge in [0, 0.05) is 11.5 Å². The van der Waals surface area contributed by atoms with E-state index in [0.29, 0.717) is 9.26 Å². The molecule has 0 bridgehead atoms. The van der Waals surface area contributed by atoms with Crippen LogP contribution in [0.2, 0.25) is 0 Å². The first-order valence-electron chi connectivity index (χ1n) is 6.10. The van der Waals surface area contributed by atoms with Crippen molar-refractivity contribution in [2.24, 2.45) is 0 Å². The van der Waals surface area contributed by atoms with Crippen LogP contribution in [0.15, 0.2) is 18.2 Å². The Balaban J connectivity index is 2.79. The predicted octanol–water partition coefficient (Wildman–Crippen LogP) is 3.75. The lowest BCUT2D eigenvalue weighted by atomic mass is 9.91. The summed E-state index contributed by atoms with van der Waals surface area (Å²) in [5.41, 5.74) is -0.0279. The molecule has 0 aliphatic carbocycles. The van der Waals surface area contributed by atoms with Crippen molar-refractivity contribution >= 4 is 28.6 Å². The van der Waals surface area contributed by atoms with Crippen LogP contribution in [-0.4, -0.2) is 20.9 Å². The van der Waals surface area contributed by atoms with Gasteiger partial charge in [0.05, 0.1) is 9.26 Å². The Kier molecular flexibility index (Phi) is 4.05. The highest BCUT2D eigenvalue weighted by molar-refractivity contribution is 14.1. The molecule has 0 radical (unpaired) electrons. The second kappa shape index (κ2) is 5.36. The first-order chi connectivity index (χ1) is 9.62. The van der Waals surface area contributed by atoms with Gasteiger partial charge >= 0.3 is 5.97 Å². The van der Waals surface area contributed by atoms with Gasteiger partial charge in [-0.25, -0.2) is 18.3 Å². The van der Waals surface area contributed by atoms with Gasteiger partial charge in [-0.2, -0.15) is 5.10 Å². The number of carboxylic acid groups (broad SMARTS) is 1. The number of benzene rings is 1. The van der Waals surface area contributed by atoms with Gasteiger partial charge in [0.2, 0.25) is 0 Å². The number of halogens is 3. The Morgan fingerprint density at radius 2 is 1.95 bits per heavy atom.